The number of nitrogens with zero attached hydrogens (tertiary/aromatic N) is 1. The summed E-state index contributed by atoms with van der Waals surface area (Å²) < 4.78 is 31.3. The third-order valence-electron chi connectivity index (χ3n) is 4.40. The Labute approximate surface area is 192 Å². The van der Waals surface area contributed by atoms with Crippen LogP contribution >= 0.6 is 0 Å². The second-order valence-electron chi connectivity index (χ2n) is 9.39. The normalized spacial score (nSPS) is 14.0. The highest BCUT2D eigenvalue weighted by molar-refractivity contribution is 7.90. The first kappa shape index (κ1) is 25.9. The Kier molecular flexibility index (Phi) is 8.14. The van der Waals surface area contributed by atoms with Crippen LogP contribution < -0.4 is 4.72 Å². The van der Waals surface area contributed by atoms with Gasteiger partial charge >= 0.3 is 11.9 Å². The van der Waals surface area contributed by atoms with Crippen LogP contribution in [-0.2, 0) is 25.6 Å². The van der Waals surface area contributed by atoms with Crippen LogP contribution in [0.25, 0.3) is 11.1 Å². The predicted octanol–water partition coefficient (Wildman–Crippen LogP) is 4.26. The molecule has 1 N–H and O–H groups in total. The van der Waals surface area contributed by atoms with E-state index in [1.165, 1.54) is 7.11 Å². The van der Waals surface area contributed by atoms with Crippen molar-refractivity contribution in [3.63, 3.8) is 0 Å². The van der Waals surface area contributed by atoms with Crippen molar-refractivity contribution < 1.29 is 28.1 Å². The van der Waals surface area contributed by atoms with E-state index in [1.807, 2.05) is 20.8 Å². The van der Waals surface area contributed by atoms with Crippen LogP contribution in [0.15, 0.2) is 28.8 Å². The van der Waals surface area contributed by atoms with Gasteiger partial charge in [0, 0.05) is 16.9 Å². The Morgan fingerprint density at radius 3 is 2.38 bits per heavy atom. The summed E-state index contributed by atoms with van der Waals surface area (Å²) in [7, 11) is 1.31. The maximum atomic E-state index is 12.9. The highest BCUT2D eigenvalue weighted by atomic mass is 32.2. The summed E-state index contributed by atoms with van der Waals surface area (Å²) in [5.41, 5.74) is 1.26. The molecule has 0 aliphatic carbocycles. The zero-order valence-electron chi connectivity index (χ0n) is 19.9. The molecule has 0 spiro atoms. The van der Waals surface area contributed by atoms with Crippen LogP contribution in [0, 0.1) is 6.92 Å². The molecule has 176 valence electrons. The molecule has 0 bridgehead atoms. The lowest BCUT2D eigenvalue weighted by atomic mass is 9.95. The van der Waals surface area contributed by atoms with Crippen LogP contribution in [-0.4, -0.2) is 39.1 Å². The lowest BCUT2D eigenvalue weighted by Crippen LogP contribution is -2.42. The van der Waals surface area contributed by atoms with Crippen molar-refractivity contribution in [1.82, 2.24) is 9.88 Å². The van der Waals surface area contributed by atoms with Gasteiger partial charge in [-0.3, -0.25) is 4.79 Å². The van der Waals surface area contributed by atoms with Gasteiger partial charge in [0.15, 0.2) is 5.76 Å². The molecular formula is C23H32N2O6S. The summed E-state index contributed by atoms with van der Waals surface area (Å²) in [6.07, 6.45) is -0.138. The fourth-order valence-electron chi connectivity index (χ4n) is 2.99. The first-order valence-corrected chi connectivity index (χ1v) is 11.4. The van der Waals surface area contributed by atoms with Gasteiger partial charge in [0.1, 0.15) is 16.4 Å². The smallest absolute Gasteiger partial charge is 0.338 e. The van der Waals surface area contributed by atoms with Gasteiger partial charge < -0.3 is 18.5 Å². The summed E-state index contributed by atoms with van der Waals surface area (Å²) in [4.78, 5) is 25.0. The Balaban J connectivity index is 2.56. The van der Waals surface area contributed by atoms with E-state index in [-0.39, 0.29) is 6.42 Å². The van der Waals surface area contributed by atoms with Crippen LogP contribution in [0.1, 0.15) is 75.8 Å². The molecule has 0 aliphatic heterocycles. The van der Waals surface area contributed by atoms with E-state index in [9.17, 15) is 14.1 Å². The number of esters is 2. The fourth-order valence-corrected chi connectivity index (χ4v) is 3.79. The molecule has 9 heteroatoms. The number of methoxy groups -OCH3 is 1. The zero-order chi connectivity index (χ0) is 24.3. The largest absolute Gasteiger partial charge is 0.598 e. The number of hydrogen-bond donors (Lipinski definition) is 1. The van der Waals surface area contributed by atoms with Crippen molar-refractivity contribution in [2.45, 2.75) is 71.3 Å². The van der Waals surface area contributed by atoms with Gasteiger partial charge in [0.25, 0.3) is 0 Å². The van der Waals surface area contributed by atoms with Gasteiger partial charge in [-0.05, 0) is 54.5 Å². The Bertz CT molecular complexity index is 958. The van der Waals surface area contributed by atoms with Crippen molar-refractivity contribution in [2.24, 2.45) is 0 Å². The average Bonchev–Trinajstić information content (AvgIpc) is 3.05. The molecule has 32 heavy (non-hydrogen) atoms. The highest BCUT2D eigenvalue weighted by Crippen LogP contribution is 2.36. The van der Waals surface area contributed by atoms with Crippen molar-refractivity contribution in [2.75, 3.05) is 7.11 Å². The summed E-state index contributed by atoms with van der Waals surface area (Å²) in [6.45, 7) is 12.5. The second kappa shape index (κ2) is 10.1. The van der Waals surface area contributed by atoms with Crippen molar-refractivity contribution in [3.8, 4) is 11.1 Å². The zero-order valence-corrected chi connectivity index (χ0v) is 20.7. The maximum Gasteiger partial charge on any atom is 0.338 e. The SMILES string of the molecule is COC(=O)c1ccccc1-c1c(C)noc1[C@H](CC(=O)OC(C)(C)C)N[S+]([O-])C(C)(C)C. The number of carbonyl (C=O) groups excluding carboxylic acids is 2. The van der Waals surface area contributed by atoms with E-state index in [4.69, 9.17) is 14.0 Å². The summed E-state index contributed by atoms with van der Waals surface area (Å²) in [6, 6.07) is 6.10. The monoisotopic (exact) mass is 464 g/mol. The molecule has 1 heterocycles. The van der Waals surface area contributed by atoms with Gasteiger partial charge in [0.2, 0.25) is 0 Å². The van der Waals surface area contributed by atoms with Gasteiger partial charge in [-0.15, -0.1) is 4.72 Å². The number of rotatable bonds is 7. The number of aryl methyl sites for hydroxylation is 1. The fraction of sp³-hybridized carbons (Fsp3) is 0.522. The minimum atomic E-state index is -1.52. The standard InChI is InChI=1S/C23H32N2O6S/c1-14-19(15-11-9-10-12-16(15)21(27)29-8)20(31-24-14)17(25-32(28)23(5,6)7)13-18(26)30-22(2,3)4/h9-12,17,25H,13H2,1-8H3/t17-,32?/m0/s1. The maximum absolute atomic E-state index is 12.9. The molecule has 1 aromatic carbocycles. The number of ether oxygens (including phenoxy) is 2. The summed E-state index contributed by atoms with van der Waals surface area (Å²) in [5.74, 6) is -0.702. The first-order chi connectivity index (χ1) is 14.7. The van der Waals surface area contributed by atoms with E-state index in [0.717, 1.165) is 0 Å². The number of hydrogen-bond acceptors (Lipinski definition) is 8. The number of nitrogens with one attached hydrogen (secondary N) is 1. The molecule has 8 nitrogen and oxygen atoms in total. The topological polar surface area (TPSA) is 114 Å². The minimum absolute atomic E-state index is 0.138. The van der Waals surface area contributed by atoms with E-state index >= 15 is 0 Å². The molecular weight excluding hydrogens is 432 g/mol. The van der Waals surface area contributed by atoms with Crippen molar-refractivity contribution in [3.05, 3.63) is 41.3 Å². The molecule has 0 amide bonds. The van der Waals surface area contributed by atoms with Gasteiger partial charge in [0.05, 0.1) is 30.4 Å². The number of benzene rings is 1. The van der Waals surface area contributed by atoms with Crippen LogP contribution in [0.2, 0.25) is 0 Å². The molecule has 1 aromatic heterocycles. The van der Waals surface area contributed by atoms with Crippen LogP contribution in [0.4, 0.5) is 0 Å². The second-order valence-corrected chi connectivity index (χ2v) is 11.4. The lowest BCUT2D eigenvalue weighted by Gasteiger charge is -2.28. The molecule has 0 radical (unpaired) electrons. The van der Waals surface area contributed by atoms with E-state index in [2.05, 4.69) is 9.88 Å². The van der Waals surface area contributed by atoms with E-state index in [0.29, 0.717) is 28.1 Å². The quantitative estimate of drug-likeness (QED) is 0.477. The molecule has 0 fully saturated rings. The highest BCUT2D eigenvalue weighted by Gasteiger charge is 2.36. The number of carbonyl (C=O) groups is 2. The third kappa shape index (κ3) is 6.57. The predicted molar refractivity (Wildman–Crippen MR) is 122 cm³/mol. The molecule has 2 rings (SSSR count). The van der Waals surface area contributed by atoms with E-state index < -0.39 is 39.7 Å². The Morgan fingerprint density at radius 2 is 1.81 bits per heavy atom. The molecule has 2 atom stereocenters. The summed E-state index contributed by atoms with van der Waals surface area (Å²) in [5, 5.41) is 4.07. The lowest BCUT2D eigenvalue weighted by molar-refractivity contribution is -0.155. The van der Waals surface area contributed by atoms with Gasteiger partial charge in [-0.25, -0.2) is 4.79 Å². The Hall–Kier alpha value is -2.36. The van der Waals surface area contributed by atoms with Gasteiger partial charge in [-0.2, -0.15) is 0 Å². The third-order valence-corrected chi connectivity index (χ3v) is 6.01. The molecule has 0 aliphatic rings. The Morgan fingerprint density at radius 1 is 1.19 bits per heavy atom. The minimum Gasteiger partial charge on any atom is -0.598 e. The molecule has 2 aromatic rings. The molecule has 0 saturated carbocycles. The van der Waals surface area contributed by atoms with Crippen LogP contribution in [0.3, 0.4) is 0 Å². The number of aromatic nitrogens is 1. The summed E-state index contributed by atoms with van der Waals surface area (Å²) >= 11 is -1.52. The molecule has 1 unspecified atom stereocenters. The molecule has 0 saturated heterocycles. The van der Waals surface area contributed by atoms with E-state index in [1.54, 1.807) is 52.0 Å². The van der Waals surface area contributed by atoms with Gasteiger partial charge in [-0.1, -0.05) is 23.4 Å². The van der Waals surface area contributed by atoms with Crippen LogP contribution in [0.5, 0.6) is 0 Å². The average molecular weight is 465 g/mol. The van der Waals surface area contributed by atoms with Crippen molar-refractivity contribution >= 4 is 23.3 Å². The van der Waals surface area contributed by atoms with Crippen molar-refractivity contribution in [1.29, 1.82) is 0 Å². The first-order valence-electron chi connectivity index (χ1n) is 10.3.